The molecule has 0 radical (unpaired) electrons. The molecule has 0 saturated carbocycles. The molecule has 3 N–H and O–H groups in total. The number of amides is 1. The number of piperazine rings is 1. The summed E-state index contributed by atoms with van der Waals surface area (Å²) in [6, 6.07) is 11.8. The van der Waals surface area contributed by atoms with Gasteiger partial charge in [-0.05, 0) is 54.8 Å². The molecule has 0 aliphatic carbocycles. The number of nitrogens with zero attached hydrogens (tertiary/aromatic N) is 3. The minimum atomic E-state index is -0.00672. The van der Waals surface area contributed by atoms with Crippen molar-refractivity contribution in [1.29, 1.82) is 0 Å². The van der Waals surface area contributed by atoms with Gasteiger partial charge in [-0.15, -0.1) is 0 Å². The molecule has 2 aromatic carbocycles. The molecule has 3 heterocycles. The number of hydrogen-bond donors (Lipinski definition) is 2. The van der Waals surface area contributed by atoms with E-state index in [1.165, 1.54) is 19.4 Å². The van der Waals surface area contributed by atoms with Crippen LogP contribution in [0.2, 0.25) is 0 Å². The highest BCUT2D eigenvalue weighted by atomic mass is 16.3. The average Bonchev–Trinajstić information content (AvgIpc) is 3.28. The Bertz CT molecular complexity index is 911. The van der Waals surface area contributed by atoms with Crippen LogP contribution >= 0.6 is 0 Å². The summed E-state index contributed by atoms with van der Waals surface area (Å²) >= 11 is 0. The van der Waals surface area contributed by atoms with Gasteiger partial charge in [-0.1, -0.05) is 12.1 Å². The SMILES string of the molecule is Nc1cc(N2CCN3CCCC3C2)cc2c1C(=O)N(Cc1ccc(O)cc1)C2. The summed E-state index contributed by atoms with van der Waals surface area (Å²) in [6.07, 6.45) is 2.57. The molecule has 3 aliphatic heterocycles. The number of rotatable bonds is 3. The molecule has 6 heteroatoms. The number of fused-ring (bicyclic) bond motifs is 2. The molecule has 6 nitrogen and oxygen atoms in total. The molecule has 0 spiro atoms. The third-order valence-electron chi connectivity index (χ3n) is 6.36. The lowest BCUT2D eigenvalue weighted by molar-refractivity contribution is 0.0767. The number of aromatic hydroxyl groups is 1. The Morgan fingerprint density at radius 2 is 1.93 bits per heavy atom. The van der Waals surface area contributed by atoms with Crippen molar-refractivity contribution in [1.82, 2.24) is 9.80 Å². The predicted molar refractivity (Wildman–Crippen MR) is 109 cm³/mol. The number of nitrogen functional groups attached to an aromatic ring is 1. The van der Waals surface area contributed by atoms with Crippen molar-refractivity contribution in [3.63, 3.8) is 0 Å². The van der Waals surface area contributed by atoms with E-state index >= 15 is 0 Å². The number of anilines is 2. The number of carbonyl (C=O) groups excluding carboxylic acids is 1. The molecular formula is C22H26N4O2. The summed E-state index contributed by atoms with van der Waals surface area (Å²) in [6.45, 7) is 5.49. The van der Waals surface area contributed by atoms with Gasteiger partial charge in [0.1, 0.15) is 5.75 Å². The lowest BCUT2D eigenvalue weighted by Gasteiger charge is -2.39. The Labute approximate surface area is 165 Å². The molecule has 2 saturated heterocycles. The third kappa shape index (κ3) is 2.98. The minimum Gasteiger partial charge on any atom is -0.508 e. The Morgan fingerprint density at radius 1 is 1.11 bits per heavy atom. The zero-order valence-electron chi connectivity index (χ0n) is 16.0. The molecule has 2 fully saturated rings. The topological polar surface area (TPSA) is 73.0 Å². The number of phenolic OH excluding ortho intramolecular Hbond substituents is 1. The molecular weight excluding hydrogens is 352 g/mol. The van der Waals surface area contributed by atoms with Crippen LogP contribution in [0.3, 0.4) is 0 Å². The quantitative estimate of drug-likeness (QED) is 0.803. The maximum atomic E-state index is 12.9. The van der Waals surface area contributed by atoms with Crippen molar-refractivity contribution < 1.29 is 9.90 Å². The highest BCUT2D eigenvalue weighted by Crippen LogP contribution is 2.35. The molecule has 28 heavy (non-hydrogen) atoms. The first-order valence-electron chi connectivity index (χ1n) is 10.1. The van der Waals surface area contributed by atoms with Crippen molar-refractivity contribution >= 4 is 17.3 Å². The van der Waals surface area contributed by atoms with Crippen LogP contribution in [0.1, 0.15) is 34.3 Å². The minimum absolute atomic E-state index is 0.00672. The van der Waals surface area contributed by atoms with E-state index in [1.807, 2.05) is 23.1 Å². The Morgan fingerprint density at radius 3 is 2.75 bits per heavy atom. The molecule has 1 atom stereocenters. The first-order chi connectivity index (χ1) is 13.6. The maximum Gasteiger partial charge on any atom is 0.256 e. The second kappa shape index (κ2) is 6.71. The zero-order chi connectivity index (χ0) is 19.3. The van der Waals surface area contributed by atoms with Gasteiger partial charge in [0, 0.05) is 50.1 Å². The predicted octanol–water partition coefficient (Wildman–Crippen LogP) is 2.41. The fraction of sp³-hybridized carbons (Fsp3) is 0.409. The number of phenols is 1. The lowest BCUT2D eigenvalue weighted by Crippen LogP contribution is -2.50. The fourth-order valence-electron chi connectivity index (χ4n) is 4.89. The van der Waals surface area contributed by atoms with Crippen LogP contribution in [0.15, 0.2) is 36.4 Å². The van der Waals surface area contributed by atoms with E-state index in [9.17, 15) is 9.90 Å². The van der Waals surface area contributed by atoms with Crippen LogP contribution < -0.4 is 10.6 Å². The number of hydrogen-bond acceptors (Lipinski definition) is 5. The summed E-state index contributed by atoms with van der Waals surface area (Å²) in [5.41, 5.74) is 10.7. The summed E-state index contributed by atoms with van der Waals surface area (Å²) in [5, 5.41) is 9.45. The van der Waals surface area contributed by atoms with Gasteiger partial charge in [0.05, 0.1) is 5.56 Å². The van der Waals surface area contributed by atoms with Gasteiger partial charge in [-0.3, -0.25) is 9.69 Å². The molecule has 2 aromatic rings. The van der Waals surface area contributed by atoms with Crippen molar-refractivity contribution in [2.45, 2.75) is 32.0 Å². The second-order valence-electron chi connectivity index (χ2n) is 8.17. The van der Waals surface area contributed by atoms with E-state index in [0.717, 1.165) is 36.4 Å². The largest absolute Gasteiger partial charge is 0.508 e. The standard InChI is InChI=1S/C22H26N4O2/c23-20-11-18(25-9-8-24-7-1-2-17(24)14-25)10-16-13-26(22(28)21(16)20)12-15-3-5-19(27)6-4-15/h3-6,10-11,17,27H,1-2,7-9,12-14,23H2. The summed E-state index contributed by atoms with van der Waals surface area (Å²) in [4.78, 5) is 19.7. The number of carbonyl (C=O) groups is 1. The van der Waals surface area contributed by atoms with Gasteiger partial charge in [0.15, 0.2) is 0 Å². The molecule has 3 aliphatic rings. The zero-order valence-corrected chi connectivity index (χ0v) is 16.0. The lowest BCUT2D eigenvalue weighted by atomic mass is 10.0. The van der Waals surface area contributed by atoms with E-state index in [4.69, 9.17) is 5.73 Å². The van der Waals surface area contributed by atoms with Crippen LogP contribution in [0.4, 0.5) is 11.4 Å². The van der Waals surface area contributed by atoms with E-state index in [-0.39, 0.29) is 11.7 Å². The number of benzene rings is 2. The Balaban J connectivity index is 1.36. The van der Waals surface area contributed by atoms with Crippen molar-refractivity contribution in [2.24, 2.45) is 0 Å². The van der Waals surface area contributed by atoms with E-state index in [0.29, 0.717) is 30.4 Å². The van der Waals surface area contributed by atoms with Gasteiger partial charge in [-0.2, -0.15) is 0 Å². The molecule has 5 rings (SSSR count). The molecule has 146 valence electrons. The summed E-state index contributed by atoms with van der Waals surface area (Å²) in [7, 11) is 0. The van der Waals surface area contributed by atoms with Crippen LogP contribution in [0.5, 0.6) is 5.75 Å². The normalized spacial score (nSPS) is 21.9. The highest BCUT2D eigenvalue weighted by Gasteiger charge is 2.33. The van der Waals surface area contributed by atoms with Crippen LogP contribution in [-0.4, -0.2) is 53.0 Å². The van der Waals surface area contributed by atoms with Gasteiger partial charge in [0.25, 0.3) is 5.91 Å². The molecule has 1 unspecified atom stereocenters. The van der Waals surface area contributed by atoms with E-state index in [2.05, 4.69) is 15.9 Å². The molecule has 1 amide bonds. The van der Waals surface area contributed by atoms with Gasteiger partial charge < -0.3 is 20.6 Å². The van der Waals surface area contributed by atoms with Crippen molar-refractivity contribution in [2.75, 3.05) is 36.8 Å². The van der Waals surface area contributed by atoms with E-state index < -0.39 is 0 Å². The Hall–Kier alpha value is -2.73. The monoisotopic (exact) mass is 378 g/mol. The van der Waals surface area contributed by atoms with Gasteiger partial charge in [-0.25, -0.2) is 0 Å². The molecule has 0 aromatic heterocycles. The first-order valence-corrected chi connectivity index (χ1v) is 10.1. The first kappa shape index (κ1) is 17.4. The van der Waals surface area contributed by atoms with E-state index in [1.54, 1.807) is 12.1 Å². The fourth-order valence-corrected chi connectivity index (χ4v) is 4.89. The van der Waals surface area contributed by atoms with Crippen LogP contribution in [0, 0.1) is 0 Å². The van der Waals surface area contributed by atoms with Crippen LogP contribution in [-0.2, 0) is 13.1 Å². The van der Waals surface area contributed by atoms with Gasteiger partial charge in [0.2, 0.25) is 0 Å². The smallest absolute Gasteiger partial charge is 0.256 e. The number of nitrogens with two attached hydrogens (primary N) is 1. The average molecular weight is 378 g/mol. The summed E-state index contributed by atoms with van der Waals surface area (Å²) in [5.74, 6) is 0.226. The summed E-state index contributed by atoms with van der Waals surface area (Å²) < 4.78 is 0. The Kier molecular flexibility index (Phi) is 4.16. The second-order valence-corrected chi connectivity index (χ2v) is 8.17. The molecule has 0 bridgehead atoms. The maximum absolute atomic E-state index is 12.9. The third-order valence-corrected chi connectivity index (χ3v) is 6.36. The highest BCUT2D eigenvalue weighted by molar-refractivity contribution is 6.03. The van der Waals surface area contributed by atoms with Crippen LogP contribution in [0.25, 0.3) is 0 Å². The van der Waals surface area contributed by atoms with Crippen molar-refractivity contribution in [3.8, 4) is 5.75 Å². The van der Waals surface area contributed by atoms with Crippen molar-refractivity contribution in [3.05, 3.63) is 53.1 Å². The van der Waals surface area contributed by atoms with Gasteiger partial charge >= 0.3 is 0 Å².